The molecular formula is C18H16F3NO4. The highest BCUT2D eigenvalue weighted by Crippen LogP contribution is 2.15. The number of rotatable bonds is 8. The Morgan fingerprint density at radius 2 is 1.73 bits per heavy atom. The quantitative estimate of drug-likeness (QED) is 0.729. The van der Waals surface area contributed by atoms with E-state index in [0.717, 1.165) is 11.6 Å². The zero-order valence-electron chi connectivity index (χ0n) is 13.6. The first-order valence-electron chi connectivity index (χ1n) is 7.68. The van der Waals surface area contributed by atoms with Gasteiger partial charge in [0.1, 0.15) is 11.6 Å². The Balaban J connectivity index is 1.70. The molecule has 0 saturated heterocycles. The number of carbonyl (C=O) groups excluding carboxylic acids is 2. The van der Waals surface area contributed by atoms with Gasteiger partial charge in [-0.25, -0.2) is 9.18 Å². The van der Waals surface area contributed by atoms with Crippen molar-refractivity contribution in [2.75, 3.05) is 13.2 Å². The van der Waals surface area contributed by atoms with Gasteiger partial charge in [0.15, 0.2) is 6.61 Å². The molecule has 0 aromatic heterocycles. The zero-order valence-corrected chi connectivity index (χ0v) is 13.6. The van der Waals surface area contributed by atoms with Gasteiger partial charge >= 0.3 is 12.6 Å². The second-order valence-electron chi connectivity index (χ2n) is 5.18. The molecule has 0 atom stereocenters. The number of hydrogen-bond acceptors (Lipinski definition) is 4. The molecule has 1 amide bonds. The molecule has 0 saturated carbocycles. The van der Waals surface area contributed by atoms with Crippen molar-refractivity contribution >= 4 is 11.9 Å². The van der Waals surface area contributed by atoms with E-state index in [4.69, 9.17) is 4.74 Å². The Hall–Kier alpha value is -3.03. The lowest BCUT2D eigenvalue weighted by Crippen LogP contribution is -2.30. The highest BCUT2D eigenvalue weighted by Gasteiger charge is 2.13. The Bertz CT molecular complexity index is 750. The van der Waals surface area contributed by atoms with E-state index in [1.165, 1.54) is 30.3 Å². The number of benzene rings is 2. The van der Waals surface area contributed by atoms with E-state index in [9.17, 15) is 22.8 Å². The van der Waals surface area contributed by atoms with Crippen LogP contribution in [0.4, 0.5) is 13.2 Å². The van der Waals surface area contributed by atoms with Gasteiger partial charge in [0.05, 0.1) is 5.56 Å². The number of alkyl halides is 2. The summed E-state index contributed by atoms with van der Waals surface area (Å²) in [4.78, 5) is 23.3. The number of halogens is 3. The van der Waals surface area contributed by atoms with Crippen LogP contribution in [0.5, 0.6) is 5.75 Å². The van der Waals surface area contributed by atoms with Gasteiger partial charge in [0.25, 0.3) is 5.91 Å². The highest BCUT2D eigenvalue weighted by molar-refractivity contribution is 5.91. The van der Waals surface area contributed by atoms with Gasteiger partial charge in [-0.1, -0.05) is 24.3 Å². The monoisotopic (exact) mass is 367 g/mol. The third kappa shape index (κ3) is 6.12. The molecule has 26 heavy (non-hydrogen) atoms. The van der Waals surface area contributed by atoms with Gasteiger partial charge in [-0.05, 0) is 36.2 Å². The van der Waals surface area contributed by atoms with Gasteiger partial charge in [-0.2, -0.15) is 8.78 Å². The summed E-state index contributed by atoms with van der Waals surface area (Å²) in [5.74, 6) is -2.13. The first-order chi connectivity index (χ1) is 12.5. The maximum atomic E-state index is 13.4. The molecule has 8 heteroatoms. The molecule has 0 aliphatic rings. The average Bonchev–Trinajstić information content (AvgIpc) is 2.61. The average molecular weight is 367 g/mol. The van der Waals surface area contributed by atoms with E-state index < -0.39 is 30.9 Å². The van der Waals surface area contributed by atoms with Crippen molar-refractivity contribution in [3.8, 4) is 5.75 Å². The summed E-state index contributed by atoms with van der Waals surface area (Å²) in [7, 11) is 0. The molecule has 5 nitrogen and oxygen atoms in total. The third-order valence-electron chi connectivity index (χ3n) is 3.31. The third-order valence-corrected chi connectivity index (χ3v) is 3.31. The lowest BCUT2D eigenvalue weighted by molar-refractivity contribution is -0.124. The van der Waals surface area contributed by atoms with Crippen LogP contribution in [0.15, 0.2) is 48.5 Å². The van der Waals surface area contributed by atoms with Crippen LogP contribution < -0.4 is 10.1 Å². The maximum Gasteiger partial charge on any atom is 0.387 e. The standard InChI is InChI=1S/C18H16F3NO4/c19-15-4-2-1-3-14(15)17(24)25-11-16(23)22-10-9-12-5-7-13(8-6-12)26-18(20)21/h1-8,18H,9-11H2,(H,22,23). The van der Waals surface area contributed by atoms with Gasteiger partial charge in [-0.15, -0.1) is 0 Å². The minimum atomic E-state index is -2.88. The number of hydrogen-bond donors (Lipinski definition) is 1. The molecule has 0 radical (unpaired) electrons. The first kappa shape index (κ1) is 19.3. The Morgan fingerprint density at radius 1 is 1.04 bits per heavy atom. The van der Waals surface area contributed by atoms with Crippen molar-refractivity contribution in [3.05, 3.63) is 65.5 Å². The number of amides is 1. The molecule has 0 aliphatic heterocycles. The van der Waals surface area contributed by atoms with Crippen LogP contribution in [0.25, 0.3) is 0 Å². The molecule has 2 aromatic rings. The first-order valence-corrected chi connectivity index (χ1v) is 7.68. The molecule has 0 heterocycles. The summed E-state index contributed by atoms with van der Waals surface area (Å²) < 4.78 is 46.5. The van der Waals surface area contributed by atoms with Crippen molar-refractivity contribution in [1.82, 2.24) is 5.32 Å². The summed E-state index contributed by atoms with van der Waals surface area (Å²) >= 11 is 0. The molecule has 0 bridgehead atoms. The Morgan fingerprint density at radius 3 is 2.38 bits per heavy atom. The van der Waals surface area contributed by atoms with E-state index in [2.05, 4.69) is 10.1 Å². The number of ether oxygens (including phenoxy) is 2. The lowest BCUT2D eigenvalue weighted by Gasteiger charge is -2.08. The van der Waals surface area contributed by atoms with Gasteiger partial charge in [-0.3, -0.25) is 4.79 Å². The summed E-state index contributed by atoms with van der Waals surface area (Å²) in [6.07, 6.45) is 0.446. The molecule has 1 N–H and O–H groups in total. The van der Waals surface area contributed by atoms with Crippen molar-refractivity contribution < 1.29 is 32.2 Å². The molecule has 0 unspecified atom stereocenters. The van der Waals surface area contributed by atoms with Gasteiger partial charge in [0, 0.05) is 6.54 Å². The van der Waals surface area contributed by atoms with Crippen molar-refractivity contribution in [1.29, 1.82) is 0 Å². The van der Waals surface area contributed by atoms with E-state index in [1.807, 2.05) is 0 Å². The van der Waals surface area contributed by atoms with Crippen LogP contribution >= 0.6 is 0 Å². The molecular weight excluding hydrogens is 351 g/mol. The van der Waals surface area contributed by atoms with Crippen LogP contribution in [-0.4, -0.2) is 31.6 Å². The molecule has 138 valence electrons. The van der Waals surface area contributed by atoms with E-state index >= 15 is 0 Å². The fraction of sp³-hybridized carbons (Fsp3) is 0.222. The normalized spacial score (nSPS) is 10.5. The fourth-order valence-corrected chi connectivity index (χ4v) is 2.07. The number of nitrogens with one attached hydrogen (secondary N) is 1. The molecule has 0 aliphatic carbocycles. The molecule has 2 aromatic carbocycles. The summed E-state index contributed by atoms with van der Waals surface area (Å²) in [6.45, 7) is -3.16. The SMILES string of the molecule is O=C(COC(=O)c1ccccc1F)NCCc1ccc(OC(F)F)cc1. The van der Waals surface area contributed by atoms with Crippen LogP contribution in [0.2, 0.25) is 0 Å². The number of carbonyl (C=O) groups is 2. The van der Waals surface area contributed by atoms with Crippen molar-refractivity contribution in [2.24, 2.45) is 0 Å². The van der Waals surface area contributed by atoms with E-state index in [0.29, 0.717) is 6.42 Å². The topological polar surface area (TPSA) is 64.6 Å². The summed E-state index contributed by atoms with van der Waals surface area (Å²) in [5.41, 5.74) is 0.557. The highest BCUT2D eigenvalue weighted by atomic mass is 19.3. The van der Waals surface area contributed by atoms with Crippen molar-refractivity contribution in [2.45, 2.75) is 13.0 Å². The Labute approximate surface area is 147 Å². The smallest absolute Gasteiger partial charge is 0.387 e. The lowest BCUT2D eigenvalue weighted by atomic mass is 10.1. The predicted molar refractivity (Wildman–Crippen MR) is 86.5 cm³/mol. The van der Waals surface area contributed by atoms with Crippen molar-refractivity contribution in [3.63, 3.8) is 0 Å². The van der Waals surface area contributed by atoms with Gasteiger partial charge in [0.2, 0.25) is 0 Å². The van der Waals surface area contributed by atoms with Crippen LogP contribution in [0, 0.1) is 5.82 Å². The Kier molecular flexibility index (Phi) is 7.02. The summed E-state index contributed by atoms with van der Waals surface area (Å²) in [5, 5.41) is 2.54. The molecule has 2 rings (SSSR count). The minimum Gasteiger partial charge on any atom is -0.452 e. The van der Waals surface area contributed by atoms with E-state index in [1.54, 1.807) is 12.1 Å². The largest absolute Gasteiger partial charge is 0.452 e. The second kappa shape index (κ2) is 9.45. The summed E-state index contributed by atoms with van der Waals surface area (Å²) in [6, 6.07) is 11.3. The molecule has 0 fully saturated rings. The van der Waals surface area contributed by atoms with Crippen LogP contribution in [0.1, 0.15) is 15.9 Å². The second-order valence-corrected chi connectivity index (χ2v) is 5.18. The van der Waals surface area contributed by atoms with Crippen LogP contribution in [0.3, 0.4) is 0 Å². The molecule has 0 spiro atoms. The zero-order chi connectivity index (χ0) is 18.9. The van der Waals surface area contributed by atoms with Crippen LogP contribution in [-0.2, 0) is 16.0 Å². The van der Waals surface area contributed by atoms with E-state index in [-0.39, 0.29) is 17.9 Å². The maximum absolute atomic E-state index is 13.4. The fourth-order valence-electron chi connectivity index (χ4n) is 2.07. The predicted octanol–water partition coefficient (Wildman–Crippen LogP) is 2.94. The minimum absolute atomic E-state index is 0.0489. The number of esters is 1. The van der Waals surface area contributed by atoms with Gasteiger partial charge < -0.3 is 14.8 Å².